The lowest BCUT2D eigenvalue weighted by Crippen LogP contribution is -2.29. The fourth-order valence-electron chi connectivity index (χ4n) is 2.31. The molecule has 116 valence electrons. The lowest BCUT2D eigenvalue weighted by molar-refractivity contribution is -0.137. The lowest BCUT2D eigenvalue weighted by atomic mass is 10.2. The van der Waals surface area contributed by atoms with E-state index in [1.54, 1.807) is 31.7 Å². The van der Waals surface area contributed by atoms with Crippen LogP contribution >= 0.6 is 0 Å². The van der Waals surface area contributed by atoms with Crippen LogP contribution in [-0.4, -0.2) is 50.0 Å². The molecule has 0 bridgehead atoms. The van der Waals surface area contributed by atoms with Gasteiger partial charge in [0.2, 0.25) is 0 Å². The molecule has 2 aromatic heterocycles. The van der Waals surface area contributed by atoms with Gasteiger partial charge < -0.3 is 14.6 Å². The van der Waals surface area contributed by atoms with Crippen LogP contribution in [0.5, 0.6) is 0 Å². The van der Waals surface area contributed by atoms with Crippen molar-refractivity contribution in [1.82, 2.24) is 19.4 Å². The van der Waals surface area contributed by atoms with Crippen LogP contribution in [0.15, 0.2) is 24.7 Å². The van der Waals surface area contributed by atoms with Gasteiger partial charge in [0.15, 0.2) is 5.82 Å². The monoisotopic (exact) mass is 302 g/mol. The minimum atomic E-state index is -0.926. The number of aromatic nitrogens is 3. The van der Waals surface area contributed by atoms with E-state index in [1.807, 2.05) is 18.4 Å². The molecule has 0 aliphatic rings. The van der Waals surface area contributed by atoms with E-state index in [4.69, 9.17) is 5.11 Å². The minimum Gasteiger partial charge on any atom is -0.481 e. The molecule has 2 rings (SSSR count). The van der Waals surface area contributed by atoms with Crippen molar-refractivity contribution >= 4 is 11.9 Å². The van der Waals surface area contributed by atoms with E-state index in [0.29, 0.717) is 11.4 Å². The van der Waals surface area contributed by atoms with Crippen LogP contribution in [0.4, 0.5) is 0 Å². The van der Waals surface area contributed by atoms with E-state index in [9.17, 15) is 9.59 Å². The molecule has 0 saturated carbocycles. The van der Waals surface area contributed by atoms with Crippen LogP contribution in [0, 0.1) is 13.8 Å². The molecule has 0 aliphatic carbocycles. The van der Waals surface area contributed by atoms with Crippen LogP contribution in [0.25, 0.3) is 5.82 Å². The largest absolute Gasteiger partial charge is 0.481 e. The normalized spacial score (nSPS) is 10.5. The van der Waals surface area contributed by atoms with Crippen LogP contribution < -0.4 is 0 Å². The Labute approximate surface area is 128 Å². The summed E-state index contributed by atoms with van der Waals surface area (Å²) >= 11 is 0. The van der Waals surface area contributed by atoms with Crippen LogP contribution in [-0.2, 0) is 4.79 Å². The van der Waals surface area contributed by atoms with Gasteiger partial charge in [-0.25, -0.2) is 4.98 Å². The Balaban J connectivity index is 2.30. The smallest absolute Gasteiger partial charge is 0.305 e. The predicted octanol–water partition coefficient (Wildman–Crippen LogP) is 1.43. The maximum Gasteiger partial charge on any atom is 0.305 e. The highest BCUT2D eigenvalue weighted by atomic mass is 16.4. The number of hydrogen-bond acceptors (Lipinski definition) is 4. The highest BCUT2D eigenvalue weighted by Crippen LogP contribution is 2.20. The summed E-state index contributed by atoms with van der Waals surface area (Å²) in [6.07, 6.45) is 4.73. The third-order valence-electron chi connectivity index (χ3n) is 3.45. The van der Waals surface area contributed by atoms with Gasteiger partial charge >= 0.3 is 5.97 Å². The van der Waals surface area contributed by atoms with Gasteiger partial charge in [-0.2, -0.15) is 0 Å². The zero-order chi connectivity index (χ0) is 16.3. The second kappa shape index (κ2) is 6.38. The van der Waals surface area contributed by atoms with Crippen LogP contribution in [0.3, 0.4) is 0 Å². The number of carboxylic acids is 1. The highest BCUT2D eigenvalue weighted by Gasteiger charge is 2.20. The SMILES string of the molecule is Cc1cc(C(=O)N(C)CCC(=O)O)c(C)n1-c1cnccn1. The number of aliphatic carboxylic acids is 1. The van der Waals surface area contributed by atoms with Gasteiger partial charge in [0, 0.05) is 37.4 Å². The van der Waals surface area contributed by atoms with Crippen molar-refractivity contribution in [3.63, 3.8) is 0 Å². The van der Waals surface area contributed by atoms with Gasteiger partial charge in [0.05, 0.1) is 18.2 Å². The quantitative estimate of drug-likeness (QED) is 0.902. The maximum absolute atomic E-state index is 12.5. The highest BCUT2D eigenvalue weighted by molar-refractivity contribution is 5.95. The summed E-state index contributed by atoms with van der Waals surface area (Å²) in [4.78, 5) is 32.8. The Morgan fingerprint density at radius 1 is 1.32 bits per heavy atom. The maximum atomic E-state index is 12.5. The van der Waals surface area contributed by atoms with E-state index < -0.39 is 5.97 Å². The standard InChI is InChI=1S/C15H18N4O3/c1-10-8-12(15(22)18(3)7-4-14(20)21)11(2)19(10)13-9-16-5-6-17-13/h5-6,8-9H,4,7H2,1-3H3,(H,20,21). The molecule has 7 nitrogen and oxygen atoms in total. The Bertz CT molecular complexity index is 694. The molecule has 1 N–H and O–H groups in total. The minimum absolute atomic E-state index is 0.0782. The van der Waals surface area contributed by atoms with E-state index in [1.165, 1.54) is 4.90 Å². The summed E-state index contributed by atoms with van der Waals surface area (Å²) in [6, 6.07) is 1.78. The first-order chi connectivity index (χ1) is 10.4. The molecule has 22 heavy (non-hydrogen) atoms. The van der Waals surface area contributed by atoms with Crippen molar-refractivity contribution in [1.29, 1.82) is 0 Å². The predicted molar refractivity (Wildman–Crippen MR) is 80.0 cm³/mol. The summed E-state index contributed by atoms with van der Waals surface area (Å²) in [5, 5.41) is 8.71. The molecule has 0 aliphatic heterocycles. The summed E-state index contributed by atoms with van der Waals surface area (Å²) in [5.74, 6) is -0.487. The average Bonchev–Trinajstić information content (AvgIpc) is 2.79. The Hall–Kier alpha value is -2.70. The van der Waals surface area contributed by atoms with E-state index >= 15 is 0 Å². The molecular weight excluding hydrogens is 284 g/mol. The molecule has 0 saturated heterocycles. The third kappa shape index (κ3) is 3.13. The molecule has 0 fully saturated rings. The number of aryl methyl sites for hydroxylation is 1. The Morgan fingerprint density at radius 2 is 2.05 bits per heavy atom. The zero-order valence-corrected chi connectivity index (χ0v) is 12.8. The van der Waals surface area contributed by atoms with Gasteiger partial charge in [0.25, 0.3) is 5.91 Å². The topological polar surface area (TPSA) is 88.3 Å². The lowest BCUT2D eigenvalue weighted by Gasteiger charge is -2.16. The fraction of sp³-hybridized carbons (Fsp3) is 0.333. The third-order valence-corrected chi connectivity index (χ3v) is 3.45. The molecular formula is C15H18N4O3. The summed E-state index contributed by atoms with van der Waals surface area (Å²) in [5.41, 5.74) is 2.16. The Morgan fingerprint density at radius 3 is 2.64 bits per heavy atom. The van der Waals surface area contributed by atoms with Gasteiger partial charge in [-0.05, 0) is 19.9 Å². The molecule has 2 aromatic rings. The number of rotatable bonds is 5. The van der Waals surface area contributed by atoms with Crippen LogP contribution in [0.2, 0.25) is 0 Å². The van der Waals surface area contributed by atoms with Crippen molar-refractivity contribution in [2.24, 2.45) is 0 Å². The molecule has 1 amide bonds. The molecule has 2 heterocycles. The summed E-state index contributed by atoms with van der Waals surface area (Å²) in [7, 11) is 1.60. The van der Waals surface area contributed by atoms with Crippen molar-refractivity contribution in [3.8, 4) is 5.82 Å². The van der Waals surface area contributed by atoms with E-state index in [-0.39, 0.29) is 18.9 Å². The molecule has 0 atom stereocenters. The number of hydrogen-bond donors (Lipinski definition) is 1. The second-order valence-corrected chi connectivity index (χ2v) is 5.05. The van der Waals surface area contributed by atoms with Crippen LogP contribution in [0.1, 0.15) is 28.2 Å². The van der Waals surface area contributed by atoms with E-state index in [2.05, 4.69) is 9.97 Å². The zero-order valence-electron chi connectivity index (χ0n) is 12.8. The summed E-state index contributed by atoms with van der Waals surface area (Å²) < 4.78 is 1.85. The average molecular weight is 302 g/mol. The first-order valence-electron chi connectivity index (χ1n) is 6.84. The van der Waals surface area contributed by atoms with Crippen molar-refractivity contribution < 1.29 is 14.7 Å². The number of amides is 1. The molecule has 0 spiro atoms. The molecule has 0 unspecified atom stereocenters. The number of carboxylic acid groups (broad SMARTS) is 1. The summed E-state index contributed by atoms with van der Waals surface area (Å²) in [6.45, 7) is 3.89. The van der Waals surface area contributed by atoms with E-state index in [0.717, 1.165) is 11.4 Å². The van der Waals surface area contributed by atoms with Crippen molar-refractivity contribution in [3.05, 3.63) is 41.6 Å². The van der Waals surface area contributed by atoms with Crippen molar-refractivity contribution in [2.45, 2.75) is 20.3 Å². The van der Waals surface area contributed by atoms with Gasteiger partial charge in [-0.3, -0.25) is 14.6 Å². The van der Waals surface area contributed by atoms with Crippen molar-refractivity contribution in [2.75, 3.05) is 13.6 Å². The number of nitrogens with zero attached hydrogens (tertiary/aromatic N) is 4. The first kappa shape index (κ1) is 15.7. The number of carbonyl (C=O) groups excluding carboxylic acids is 1. The molecule has 0 aromatic carbocycles. The molecule has 7 heteroatoms. The second-order valence-electron chi connectivity index (χ2n) is 5.05. The molecule has 0 radical (unpaired) electrons. The van der Waals surface area contributed by atoms with Gasteiger partial charge in [-0.1, -0.05) is 0 Å². The fourth-order valence-corrected chi connectivity index (χ4v) is 2.31. The van der Waals surface area contributed by atoms with Gasteiger partial charge in [-0.15, -0.1) is 0 Å². The van der Waals surface area contributed by atoms with Gasteiger partial charge in [0.1, 0.15) is 0 Å². The first-order valence-corrected chi connectivity index (χ1v) is 6.84. The number of carbonyl (C=O) groups is 2. The Kier molecular flexibility index (Phi) is 4.55.